The quantitative estimate of drug-likeness (QED) is 0.0204. The van der Waals surface area contributed by atoms with E-state index in [2.05, 4.69) is 31.3 Å². The Hall–Kier alpha value is -1.53. The summed E-state index contributed by atoms with van der Waals surface area (Å²) >= 11 is 0. The van der Waals surface area contributed by atoms with Crippen molar-refractivity contribution in [2.24, 2.45) is 0 Å². The molecule has 2 aliphatic heterocycles. The van der Waals surface area contributed by atoms with E-state index >= 15 is 0 Å². The van der Waals surface area contributed by atoms with E-state index in [1.54, 1.807) is 6.08 Å². The minimum Gasteiger partial charge on any atom is -0.394 e. The van der Waals surface area contributed by atoms with Gasteiger partial charge in [-0.1, -0.05) is 449 Å². The summed E-state index contributed by atoms with van der Waals surface area (Å²) < 4.78 is 23.0. The van der Waals surface area contributed by atoms with Gasteiger partial charge in [0.05, 0.1) is 32.0 Å². The zero-order valence-electron chi connectivity index (χ0n) is 69.5. The van der Waals surface area contributed by atoms with Gasteiger partial charge in [-0.15, -0.1) is 0 Å². The van der Waals surface area contributed by atoms with Gasteiger partial charge < -0.3 is 65.1 Å². The normalized spacial score (nSPS) is 21.3. The number of hydrogen-bond donors (Lipinski definition) is 9. The molecule has 0 aliphatic carbocycles. The Morgan fingerprint density at radius 3 is 0.925 bits per heavy atom. The second-order valence-corrected chi connectivity index (χ2v) is 33.1. The molecule has 0 aromatic carbocycles. The fourth-order valence-corrected chi connectivity index (χ4v) is 15.8. The van der Waals surface area contributed by atoms with Crippen LogP contribution in [0.2, 0.25) is 0 Å². The summed E-state index contributed by atoms with van der Waals surface area (Å²) in [4.78, 5) is 13.4. The van der Waals surface area contributed by atoms with E-state index in [1.165, 1.54) is 398 Å². The summed E-state index contributed by atoms with van der Waals surface area (Å²) in [6.45, 7) is 2.87. The summed E-state index contributed by atoms with van der Waals surface area (Å²) in [5, 5.41) is 87.9. The largest absolute Gasteiger partial charge is 0.394 e. The van der Waals surface area contributed by atoms with E-state index in [0.29, 0.717) is 12.8 Å². The van der Waals surface area contributed by atoms with Crippen LogP contribution in [-0.2, 0) is 23.7 Å². The number of carbonyl (C=O) groups is 1. The minimum atomic E-state index is -1.79. The highest BCUT2D eigenvalue weighted by Crippen LogP contribution is 2.31. The van der Waals surface area contributed by atoms with Crippen molar-refractivity contribution in [3.63, 3.8) is 0 Å². The Morgan fingerprint density at radius 2 is 0.604 bits per heavy atom. The maximum atomic E-state index is 13.4. The van der Waals surface area contributed by atoms with Crippen LogP contribution in [0.4, 0.5) is 0 Å². The molecule has 2 fully saturated rings. The number of allylic oxidation sites excluding steroid dienone is 3. The molecule has 0 aromatic heterocycles. The lowest BCUT2D eigenvalue weighted by molar-refractivity contribution is -0.359. The monoisotopic (exact) mass is 1500 g/mol. The third kappa shape index (κ3) is 57.5. The standard InChI is InChI=1S/C92H177NO13/c1-3-5-7-9-11-13-15-17-19-21-23-25-27-29-31-33-35-36-37-38-39-40-41-42-43-44-46-48-50-52-54-56-58-60-62-64-66-68-70-72-74-76-84(97)93-80(79-103-91-89(102)87(100)90(83(78-95)105-91)106-92-88(101)86(99)85(98)82(77-94)104-92)81(96)75-73-71-69-67-65-63-61-59-57-55-53-51-49-47-45-34-32-30-28-26-24-22-20-18-16-14-12-10-8-6-4-2/h65,67,73,75,80-83,85-92,94-96,98-102H,3-64,66,68-72,74,76-79H2,1-2H3,(H,93,97)/b67-65+,75-73+. The number of aliphatic hydroxyl groups excluding tert-OH is 8. The number of nitrogens with one attached hydrogen (secondary N) is 1. The molecule has 2 rings (SSSR count). The van der Waals surface area contributed by atoms with Crippen molar-refractivity contribution in [1.29, 1.82) is 0 Å². The third-order valence-electron chi connectivity index (χ3n) is 23.1. The number of unbranched alkanes of at least 4 members (excludes halogenated alkanes) is 66. The Bertz CT molecular complexity index is 1870. The van der Waals surface area contributed by atoms with Crippen LogP contribution in [0.3, 0.4) is 0 Å². The molecular formula is C92H177NO13. The molecule has 2 heterocycles. The van der Waals surface area contributed by atoms with Gasteiger partial charge >= 0.3 is 0 Å². The van der Waals surface area contributed by atoms with Crippen molar-refractivity contribution < 1.29 is 64.6 Å². The second kappa shape index (κ2) is 76.1. The first-order valence-electron chi connectivity index (χ1n) is 46.6. The van der Waals surface area contributed by atoms with Crippen LogP contribution in [0.5, 0.6) is 0 Å². The number of hydrogen-bond acceptors (Lipinski definition) is 13. The molecule has 2 saturated heterocycles. The Morgan fingerprint density at radius 1 is 0.330 bits per heavy atom. The summed E-state index contributed by atoms with van der Waals surface area (Å²) in [5.41, 5.74) is 0. The zero-order valence-corrected chi connectivity index (χ0v) is 69.5. The van der Waals surface area contributed by atoms with Gasteiger partial charge in [-0.3, -0.25) is 4.79 Å². The van der Waals surface area contributed by atoms with Crippen LogP contribution < -0.4 is 5.32 Å². The van der Waals surface area contributed by atoms with E-state index in [0.717, 1.165) is 32.1 Å². The van der Waals surface area contributed by atoms with Crippen LogP contribution in [0, 0.1) is 0 Å². The molecule has 0 saturated carbocycles. The lowest BCUT2D eigenvalue weighted by Crippen LogP contribution is -2.65. The topological polar surface area (TPSA) is 228 Å². The van der Waals surface area contributed by atoms with Crippen LogP contribution in [0.15, 0.2) is 24.3 Å². The lowest BCUT2D eigenvalue weighted by Gasteiger charge is -2.46. The van der Waals surface area contributed by atoms with Gasteiger partial charge in [0.1, 0.15) is 48.8 Å². The maximum Gasteiger partial charge on any atom is 0.220 e. The molecule has 12 atom stereocenters. The van der Waals surface area contributed by atoms with E-state index in [9.17, 15) is 45.6 Å². The molecule has 0 radical (unpaired) electrons. The molecule has 14 nitrogen and oxygen atoms in total. The van der Waals surface area contributed by atoms with Crippen molar-refractivity contribution in [2.75, 3.05) is 19.8 Å². The number of amides is 1. The molecule has 106 heavy (non-hydrogen) atoms. The van der Waals surface area contributed by atoms with Gasteiger partial charge in [0.15, 0.2) is 12.6 Å². The Kier molecular flexibility index (Phi) is 72.2. The van der Waals surface area contributed by atoms with Crippen LogP contribution in [0.1, 0.15) is 463 Å². The molecule has 1 amide bonds. The number of carbonyl (C=O) groups excluding carboxylic acids is 1. The highest BCUT2D eigenvalue weighted by molar-refractivity contribution is 5.76. The van der Waals surface area contributed by atoms with Crippen LogP contribution in [0.25, 0.3) is 0 Å². The van der Waals surface area contributed by atoms with Gasteiger partial charge in [0.25, 0.3) is 0 Å². The molecule has 14 heteroatoms. The minimum absolute atomic E-state index is 0.238. The summed E-state index contributed by atoms with van der Waals surface area (Å²) in [5.74, 6) is -0.238. The maximum absolute atomic E-state index is 13.4. The van der Waals surface area contributed by atoms with Gasteiger partial charge in [-0.2, -0.15) is 0 Å². The van der Waals surface area contributed by atoms with Crippen molar-refractivity contribution in [1.82, 2.24) is 5.32 Å². The summed E-state index contributed by atoms with van der Waals surface area (Å²) in [7, 11) is 0. The van der Waals surface area contributed by atoms with E-state index < -0.39 is 86.8 Å². The zero-order chi connectivity index (χ0) is 76.5. The second-order valence-electron chi connectivity index (χ2n) is 33.1. The Labute approximate surface area is 653 Å². The summed E-state index contributed by atoms with van der Waals surface area (Å²) in [6.07, 6.45) is 84.7. The van der Waals surface area contributed by atoms with Crippen molar-refractivity contribution in [3.8, 4) is 0 Å². The molecule has 9 N–H and O–H groups in total. The van der Waals surface area contributed by atoms with Crippen molar-refractivity contribution in [3.05, 3.63) is 24.3 Å². The molecule has 0 aromatic rings. The molecular weight excluding hydrogens is 1330 g/mol. The average Bonchev–Trinajstić information content (AvgIpc) is 0.790. The molecule has 12 unspecified atom stereocenters. The average molecular weight is 1510 g/mol. The first-order chi connectivity index (χ1) is 52.1. The van der Waals surface area contributed by atoms with E-state index in [4.69, 9.17) is 18.9 Å². The van der Waals surface area contributed by atoms with Gasteiger partial charge in [-0.05, 0) is 32.1 Å². The van der Waals surface area contributed by atoms with Gasteiger partial charge in [0.2, 0.25) is 5.91 Å². The molecule has 628 valence electrons. The highest BCUT2D eigenvalue weighted by atomic mass is 16.7. The number of ether oxygens (including phenoxy) is 4. The van der Waals surface area contributed by atoms with Gasteiger partial charge in [0, 0.05) is 6.42 Å². The molecule has 2 aliphatic rings. The lowest BCUT2D eigenvalue weighted by atomic mass is 9.97. The first kappa shape index (κ1) is 101. The smallest absolute Gasteiger partial charge is 0.220 e. The SMILES string of the molecule is CCCCCCCCCCCCCCCCCCCCCCCCCCC/C=C/CC/C=C/C(O)C(COC1OC(CO)C(OC2OC(CO)C(O)C(O)C2O)C(O)C1O)NC(=O)CCCCCCCCCCCCCCCCCCCCCCCCCCCCCCCCCCCCCCCCCCC. The third-order valence-corrected chi connectivity index (χ3v) is 23.1. The van der Waals surface area contributed by atoms with Crippen molar-refractivity contribution >= 4 is 5.91 Å². The van der Waals surface area contributed by atoms with Gasteiger partial charge in [-0.25, -0.2) is 0 Å². The molecule has 0 bridgehead atoms. The number of aliphatic hydroxyl groups is 8. The predicted molar refractivity (Wildman–Crippen MR) is 443 cm³/mol. The summed E-state index contributed by atoms with van der Waals surface area (Å²) in [6, 6.07) is -0.932. The number of rotatable bonds is 81. The first-order valence-corrected chi connectivity index (χ1v) is 46.6. The van der Waals surface area contributed by atoms with Crippen molar-refractivity contribution in [2.45, 2.75) is 537 Å². The van der Waals surface area contributed by atoms with Crippen LogP contribution in [-0.4, -0.2) is 140 Å². The van der Waals surface area contributed by atoms with Crippen LogP contribution >= 0.6 is 0 Å². The fraction of sp³-hybridized carbons (Fsp3) is 0.946. The highest BCUT2D eigenvalue weighted by Gasteiger charge is 2.51. The molecule has 0 spiro atoms. The Balaban J connectivity index is 1.54. The van der Waals surface area contributed by atoms with E-state index in [1.807, 2.05) is 6.08 Å². The fourth-order valence-electron chi connectivity index (χ4n) is 15.8. The van der Waals surface area contributed by atoms with E-state index in [-0.39, 0.29) is 18.9 Å². The predicted octanol–water partition coefficient (Wildman–Crippen LogP) is 22.9.